The van der Waals surface area contributed by atoms with Crippen LogP contribution in [0.3, 0.4) is 0 Å². The molecule has 1 aromatic carbocycles. The summed E-state index contributed by atoms with van der Waals surface area (Å²) in [6.07, 6.45) is 6.76. The number of hydrogen-bond acceptors (Lipinski definition) is 4. The molecule has 2 unspecified atom stereocenters. The highest BCUT2D eigenvalue weighted by Crippen LogP contribution is 2.30. The molecule has 0 amide bonds. The number of hydrogen-bond donors (Lipinski definition) is 4. The van der Waals surface area contributed by atoms with Crippen molar-refractivity contribution in [3.8, 4) is 5.75 Å². The Kier molecular flexibility index (Phi) is 3.93. The highest BCUT2D eigenvalue weighted by Gasteiger charge is 2.33. The minimum Gasteiger partial charge on any atom is -0.508 e. The molecule has 0 saturated carbocycles. The Morgan fingerprint density at radius 3 is 2.79 bits per heavy atom. The Labute approximate surface area is 113 Å². The van der Waals surface area contributed by atoms with Crippen LogP contribution in [0, 0.1) is 5.92 Å². The van der Waals surface area contributed by atoms with E-state index in [1.54, 1.807) is 24.3 Å². The standard InChI is InChI=1S/C15H20N2O2/c16-13-4-6-15(17,12(9-13)5-7-18)10-11-2-1-3-14(19)8-11/h1-4,6,8-9,12,18-19H,5,7,10,16-17H2. The summed E-state index contributed by atoms with van der Waals surface area (Å²) in [7, 11) is 0. The van der Waals surface area contributed by atoms with Gasteiger partial charge < -0.3 is 21.7 Å². The van der Waals surface area contributed by atoms with Crippen molar-refractivity contribution in [3.63, 3.8) is 0 Å². The third-order valence-corrected chi connectivity index (χ3v) is 3.53. The van der Waals surface area contributed by atoms with Crippen LogP contribution in [0.1, 0.15) is 12.0 Å². The largest absolute Gasteiger partial charge is 0.508 e. The first-order valence-electron chi connectivity index (χ1n) is 6.38. The van der Waals surface area contributed by atoms with Crippen LogP contribution in [0.15, 0.2) is 48.2 Å². The molecule has 0 aromatic heterocycles. The molecule has 2 atom stereocenters. The van der Waals surface area contributed by atoms with E-state index in [0.717, 1.165) is 5.56 Å². The van der Waals surface area contributed by atoms with Crippen LogP contribution in [0.4, 0.5) is 0 Å². The van der Waals surface area contributed by atoms with Crippen molar-refractivity contribution in [2.75, 3.05) is 6.61 Å². The second kappa shape index (κ2) is 5.47. The Bertz CT molecular complexity index is 511. The van der Waals surface area contributed by atoms with Gasteiger partial charge in [0.15, 0.2) is 0 Å². The van der Waals surface area contributed by atoms with Crippen LogP contribution >= 0.6 is 0 Å². The van der Waals surface area contributed by atoms with E-state index in [9.17, 15) is 5.11 Å². The first kappa shape index (κ1) is 13.6. The van der Waals surface area contributed by atoms with Crippen LogP contribution < -0.4 is 11.5 Å². The van der Waals surface area contributed by atoms with E-state index in [0.29, 0.717) is 18.5 Å². The zero-order valence-electron chi connectivity index (χ0n) is 10.8. The Balaban J connectivity index is 2.23. The number of aliphatic hydroxyl groups is 1. The molecule has 0 radical (unpaired) electrons. The van der Waals surface area contributed by atoms with E-state index in [-0.39, 0.29) is 18.3 Å². The van der Waals surface area contributed by atoms with Gasteiger partial charge in [0, 0.05) is 23.8 Å². The predicted octanol–water partition coefficient (Wildman–Crippen LogP) is 1.04. The quantitative estimate of drug-likeness (QED) is 0.651. The number of allylic oxidation sites excluding steroid dienone is 1. The van der Waals surface area contributed by atoms with E-state index in [1.807, 2.05) is 18.2 Å². The molecule has 4 nitrogen and oxygen atoms in total. The average Bonchev–Trinajstić information content (AvgIpc) is 2.35. The van der Waals surface area contributed by atoms with Crippen molar-refractivity contribution in [2.45, 2.75) is 18.4 Å². The van der Waals surface area contributed by atoms with E-state index >= 15 is 0 Å². The molecule has 0 spiro atoms. The summed E-state index contributed by atoms with van der Waals surface area (Å²) >= 11 is 0. The monoisotopic (exact) mass is 260 g/mol. The molecular weight excluding hydrogens is 240 g/mol. The minimum absolute atomic E-state index is 0.00940. The van der Waals surface area contributed by atoms with E-state index in [4.69, 9.17) is 16.6 Å². The summed E-state index contributed by atoms with van der Waals surface area (Å²) in [5.74, 6) is 0.222. The molecule has 1 aliphatic carbocycles. The number of aromatic hydroxyl groups is 1. The first-order valence-corrected chi connectivity index (χ1v) is 6.38. The Morgan fingerprint density at radius 1 is 1.32 bits per heavy atom. The number of rotatable bonds is 4. The van der Waals surface area contributed by atoms with Crippen LogP contribution in [0.2, 0.25) is 0 Å². The third kappa shape index (κ3) is 3.16. The molecule has 0 saturated heterocycles. The highest BCUT2D eigenvalue weighted by molar-refractivity contribution is 5.34. The van der Waals surface area contributed by atoms with E-state index in [1.165, 1.54) is 0 Å². The second-order valence-corrected chi connectivity index (χ2v) is 5.08. The number of nitrogens with two attached hydrogens (primary N) is 2. The molecule has 0 fully saturated rings. The summed E-state index contributed by atoms with van der Waals surface area (Å²) in [4.78, 5) is 0. The molecule has 6 N–H and O–H groups in total. The topological polar surface area (TPSA) is 92.5 Å². The van der Waals surface area contributed by atoms with Gasteiger partial charge in [-0.25, -0.2) is 0 Å². The average molecular weight is 260 g/mol. The molecule has 0 heterocycles. The summed E-state index contributed by atoms with van der Waals surface area (Å²) in [5, 5.41) is 18.7. The lowest BCUT2D eigenvalue weighted by Crippen LogP contribution is -2.48. The number of benzene rings is 1. The van der Waals surface area contributed by atoms with Crippen LogP contribution in [0.25, 0.3) is 0 Å². The lowest BCUT2D eigenvalue weighted by molar-refractivity contribution is 0.240. The fourth-order valence-electron chi connectivity index (χ4n) is 2.52. The molecule has 2 rings (SSSR count). The predicted molar refractivity (Wildman–Crippen MR) is 75.3 cm³/mol. The lowest BCUT2D eigenvalue weighted by Gasteiger charge is -2.36. The van der Waals surface area contributed by atoms with Crippen molar-refractivity contribution in [2.24, 2.45) is 17.4 Å². The van der Waals surface area contributed by atoms with Gasteiger partial charge in [-0.3, -0.25) is 0 Å². The third-order valence-electron chi connectivity index (χ3n) is 3.53. The van der Waals surface area contributed by atoms with Crippen molar-refractivity contribution in [1.29, 1.82) is 0 Å². The number of aliphatic hydroxyl groups excluding tert-OH is 1. The van der Waals surface area contributed by atoms with Gasteiger partial charge in [-0.15, -0.1) is 0 Å². The number of phenolic OH excluding ortho intramolecular Hbond substituents is 1. The maximum atomic E-state index is 9.51. The number of phenols is 1. The molecule has 0 bridgehead atoms. The van der Waals surface area contributed by atoms with E-state index in [2.05, 4.69) is 0 Å². The molecule has 1 aromatic rings. The zero-order chi connectivity index (χ0) is 13.9. The smallest absolute Gasteiger partial charge is 0.115 e. The molecule has 19 heavy (non-hydrogen) atoms. The maximum absolute atomic E-state index is 9.51. The summed E-state index contributed by atoms with van der Waals surface area (Å²) in [6.45, 7) is 0.0707. The zero-order valence-corrected chi connectivity index (χ0v) is 10.8. The molecule has 0 aliphatic heterocycles. The van der Waals surface area contributed by atoms with Gasteiger partial charge in [-0.1, -0.05) is 24.3 Å². The van der Waals surface area contributed by atoms with Gasteiger partial charge in [0.05, 0.1) is 0 Å². The van der Waals surface area contributed by atoms with Gasteiger partial charge in [-0.2, -0.15) is 0 Å². The second-order valence-electron chi connectivity index (χ2n) is 5.08. The Hall–Kier alpha value is -1.78. The van der Waals surface area contributed by atoms with Crippen molar-refractivity contribution in [1.82, 2.24) is 0 Å². The normalized spacial score (nSPS) is 26.2. The fraction of sp³-hybridized carbons (Fsp3) is 0.333. The van der Waals surface area contributed by atoms with Gasteiger partial charge >= 0.3 is 0 Å². The van der Waals surface area contributed by atoms with Crippen molar-refractivity contribution < 1.29 is 10.2 Å². The lowest BCUT2D eigenvalue weighted by atomic mass is 9.75. The van der Waals surface area contributed by atoms with Crippen LogP contribution in [-0.2, 0) is 6.42 Å². The van der Waals surface area contributed by atoms with E-state index < -0.39 is 5.54 Å². The maximum Gasteiger partial charge on any atom is 0.115 e. The van der Waals surface area contributed by atoms with Gasteiger partial charge in [0.25, 0.3) is 0 Å². The fourth-order valence-corrected chi connectivity index (χ4v) is 2.52. The summed E-state index contributed by atoms with van der Waals surface area (Å²) in [6, 6.07) is 7.07. The highest BCUT2D eigenvalue weighted by atomic mass is 16.3. The van der Waals surface area contributed by atoms with Gasteiger partial charge in [0.1, 0.15) is 5.75 Å². The first-order chi connectivity index (χ1) is 9.03. The van der Waals surface area contributed by atoms with Gasteiger partial charge in [0.2, 0.25) is 0 Å². The molecular formula is C15H20N2O2. The molecule has 1 aliphatic rings. The SMILES string of the molecule is NC1=CC(CCO)C(N)(Cc2cccc(O)c2)C=C1. The summed E-state index contributed by atoms with van der Waals surface area (Å²) in [5.41, 5.74) is 13.3. The minimum atomic E-state index is -0.584. The van der Waals surface area contributed by atoms with Crippen LogP contribution in [-0.4, -0.2) is 22.4 Å². The summed E-state index contributed by atoms with van der Waals surface area (Å²) < 4.78 is 0. The van der Waals surface area contributed by atoms with Crippen molar-refractivity contribution in [3.05, 3.63) is 53.8 Å². The Morgan fingerprint density at radius 2 is 2.11 bits per heavy atom. The van der Waals surface area contributed by atoms with Crippen LogP contribution in [0.5, 0.6) is 5.75 Å². The molecule has 4 heteroatoms. The molecule has 102 valence electrons. The van der Waals surface area contributed by atoms with Gasteiger partial charge in [-0.05, 0) is 36.6 Å². The van der Waals surface area contributed by atoms with Crippen molar-refractivity contribution >= 4 is 0 Å².